The fraction of sp³-hybridized carbons (Fsp3) is 0.188. The standard InChI is InChI=1S/C16H12F4O2/c1-10(21)13-7-6-12(8-14(13)16(18,19)20)22-9-11-4-2-3-5-15(11)17/h2-8H,9H2,1H3. The number of hydrogen-bond donors (Lipinski definition) is 0. The highest BCUT2D eigenvalue weighted by Crippen LogP contribution is 2.34. The van der Waals surface area contributed by atoms with Crippen LogP contribution in [0.4, 0.5) is 17.6 Å². The predicted octanol–water partition coefficient (Wildman–Crippen LogP) is 4.63. The molecule has 0 aliphatic carbocycles. The number of alkyl halides is 3. The van der Waals surface area contributed by atoms with Crippen molar-refractivity contribution in [1.82, 2.24) is 0 Å². The number of ketones is 1. The van der Waals surface area contributed by atoms with Gasteiger partial charge in [0.25, 0.3) is 0 Å². The second-order valence-electron chi connectivity index (χ2n) is 4.64. The van der Waals surface area contributed by atoms with E-state index in [0.29, 0.717) is 0 Å². The van der Waals surface area contributed by atoms with E-state index in [2.05, 4.69) is 0 Å². The fourth-order valence-corrected chi connectivity index (χ4v) is 1.93. The van der Waals surface area contributed by atoms with Gasteiger partial charge in [-0.2, -0.15) is 13.2 Å². The molecular weight excluding hydrogens is 300 g/mol. The first kappa shape index (κ1) is 16.0. The van der Waals surface area contributed by atoms with Crippen molar-refractivity contribution in [2.75, 3.05) is 0 Å². The third-order valence-electron chi connectivity index (χ3n) is 3.03. The molecule has 116 valence electrons. The van der Waals surface area contributed by atoms with Crippen LogP contribution in [0.25, 0.3) is 0 Å². The summed E-state index contributed by atoms with van der Waals surface area (Å²) in [6.45, 7) is 0.855. The summed E-state index contributed by atoms with van der Waals surface area (Å²) < 4.78 is 57.5. The molecule has 2 aromatic rings. The molecule has 0 aliphatic rings. The molecular formula is C16H12F4O2. The van der Waals surface area contributed by atoms with Crippen LogP contribution in [0.2, 0.25) is 0 Å². The highest BCUT2D eigenvalue weighted by atomic mass is 19.4. The van der Waals surface area contributed by atoms with Gasteiger partial charge in [-0.15, -0.1) is 0 Å². The van der Waals surface area contributed by atoms with Gasteiger partial charge in [0.05, 0.1) is 5.56 Å². The molecule has 0 spiro atoms. The van der Waals surface area contributed by atoms with Gasteiger partial charge in [-0.05, 0) is 31.2 Å². The zero-order chi connectivity index (χ0) is 16.3. The summed E-state index contributed by atoms with van der Waals surface area (Å²) in [4.78, 5) is 11.3. The Labute approximate surface area is 124 Å². The van der Waals surface area contributed by atoms with Crippen molar-refractivity contribution in [3.8, 4) is 5.75 Å². The predicted molar refractivity (Wildman–Crippen MR) is 72.2 cm³/mol. The minimum absolute atomic E-state index is 0.0828. The Bertz CT molecular complexity index is 693. The van der Waals surface area contributed by atoms with E-state index in [0.717, 1.165) is 19.1 Å². The molecule has 0 unspecified atom stereocenters. The maximum atomic E-state index is 13.4. The molecule has 0 bridgehead atoms. The molecule has 0 atom stereocenters. The number of carbonyl (C=O) groups is 1. The Balaban J connectivity index is 2.26. The number of Topliss-reactive ketones (excluding diaryl/α,β-unsaturated/α-hetero) is 1. The van der Waals surface area contributed by atoms with E-state index < -0.39 is 28.9 Å². The van der Waals surface area contributed by atoms with Gasteiger partial charge in [-0.1, -0.05) is 18.2 Å². The van der Waals surface area contributed by atoms with E-state index in [-0.39, 0.29) is 17.9 Å². The molecule has 0 aromatic heterocycles. The number of halogens is 4. The first-order valence-corrected chi connectivity index (χ1v) is 6.37. The van der Waals surface area contributed by atoms with Crippen molar-refractivity contribution in [3.63, 3.8) is 0 Å². The van der Waals surface area contributed by atoms with Crippen LogP contribution in [0.5, 0.6) is 5.75 Å². The molecule has 0 fully saturated rings. The highest BCUT2D eigenvalue weighted by molar-refractivity contribution is 5.95. The third kappa shape index (κ3) is 3.63. The van der Waals surface area contributed by atoms with Crippen LogP contribution in [0.15, 0.2) is 42.5 Å². The van der Waals surface area contributed by atoms with Crippen molar-refractivity contribution in [2.24, 2.45) is 0 Å². The number of carbonyl (C=O) groups excluding carboxylic acids is 1. The number of rotatable bonds is 4. The SMILES string of the molecule is CC(=O)c1ccc(OCc2ccccc2F)cc1C(F)(F)F. The average Bonchev–Trinajstić information content (AvgIpc) is 2.45. The van der Waals surface area contributed by atoms with Crippen LogP contribution >= 0.6 is 0 Å². The van der Waals surface area contributed by atoms with Crippen molar-refractivity contribution in [1.29, 1.82) is 0 Å². The topological polar surface area (TPSA) is 26.3 Å². The Kier molecular flexibility index (Phi) is 4.49. The van der Waals surface area contributed by atoms with Gasteiger partial charge in [0.2, 0.25) is 0 Å². The number of benzene rings is 2. The van der Waals surface area contributed by atoms with E-state index in [9.17, 15) is 22.4 Å². The maximum absolute atomic E-state index is 13.4. The summed E-state index contributed by atoms with van der Waals surface area (Å²) in [5.74, 6) is -1.27. The first-order chi connectivity index (χ1) is 10.3. The van der Waals surface area contributed by atoms with Gasteiger partial charge in [-0.25, -0.2) is 4.39 Å². The molecule has 22 heavy (non-hydrogen) atoms. The van der Waals surface area contributed by atoms with Crippen LogP contribution in [-0.4, -0.2) is 5.78 Å². The molecule has 2 nitrogen and oxygen atoms in total. The largest absolute Gasteiger partial charge is 0.489 e. The normalized spacial score (nSPS) is 11.3. The second-order valence-corrected chi connectivity index (χ2v) is 4.64. The molecule has 0 amide bonds. The van der Waals surface area contributed by atoms with Gasteiger partial charge >= 0.3 is 6.18 Å². The van der Waals surface area contributed by atoms with E-state index in [4.69, 9.17) is 4.74 Å². The van der Waals surface area contributed by atoms with Crippen molar-refractivity contribution in [3.05, 3.63) is 65.0 Å². The zero-order valence-corrected chi connectivity index (χ0v) is 11.6. The summed E-state index contributed by atoms with van der Waals surface area (Å²) >= 11 is 0. The van der Waals surface area contributed by atoms with E-state index in [1.165, 1.54) is 24.3 Å². The highest BCUT2D eigenvalue weighted by Gasteiger charge is 2.34. The van der Waals surface area contributed by atoms with E-state index >= 15 is 0 Å². The summed E-state index contributed by atoms with van der Waals surface area (Å²) in [5.41, 5.74) is -1.26. The van der Waals surface area contributed by atoms with Gasteiger partial charge < -0.3 is 4.74 Å². The average molecular weight is 312 g/mol. The molecule has 0 saturated carbocycles. The molecule has 0 aliphatic heterocycles. The van der Waals surface area contributed by atoms with Crippen LogP contribution in [0.3, 0.4) is 0 Å². The minimum atomic E-state index is -4.67. The maximum Gasteiger partial charge on any atom is 0.417 e. The lowest BCUT2D eigenvalue weighted by Gasteiger charge is -2.13. The van der Waals surface area contributed by atoms with E-state index in [1.54, 1.807) is 6.07 Å². The molecule has 0 heterocycles. The Morgan fingerprint density at radius 1 is 1.14 bits per heavy atom. The molecule has 2 aromatic carbocycles. The Morgan fingerprint density at radius 3 is 2.41 bits per heavy atom. The van der Waals surface area contributed by atoms with E-state index in [1.807, 2.05) is 0 Å². The monoisotopic (exact) mass is 312 g/mol. The van der Waals surface area contributed by atoms with Gasteiger partial charge in [-0.3, -0.25) is 4.79 Å². The van der Waals surface area contributed by atoms with Gasteiger partial charge in [0.15, 0.2) is 5.78 Å². The first-order valence-electron chi connectivity index (χ1n) is 6.37. The van der Waals surface area contributed by atoms with Gasteiger partial charge in [0, 0.05) is 11.1 Å². The van der Waals surface area contributed by atoms with Crippen LogP contribution < -0.4 is 4.74 Å². The summed E-state index contributed by atoms with van der Waals surface area (Å²) in [5, 5.41) is 0. The fourth-order valence-electron chi connectivity index (χ4n) is 1.93. The molecule has 0 radical (unpaired) electrons. The van der Waals surface area contributed by atoms with Crippen molar-refractivity contribution < 1.29 is 27.1 Å². The van der Waals surface area contributed by atoms with Gasteiger partial charge in [0.1, 0.15) is 18.2 Å². The Morgan fingerprint density at radius 2 is 1.82 bits per heavy atom. The quantitative estimate of drug-likeness (QED) is 0.608. The number of hydrogen-bond acceptors (Lipinski definition) is 2. The number of ether oxygens (including phenoxy) is 1. The van der Waals surface area contributed by atoms with Crippen molar-refractivity contribution in [2.45, 2.75) is 19.7 Å². The van der Waals surface area contributed by atoms with Crippen molar-refractivity contribution >= 4 is 5.78 Å². The second kappa shape index (κ2) is 6.17. The molecule has 0 N–H and O–H groups in total. The lowest BCUT2D eigenvalue weighted by molar-refractivity contribution is -0.138. The van der Waals surface area contributed by atoms with Crippen LogP contribution in [-0.2, 0) is 12.8 Å². The lowest BCUT2D eigenvalue weighted by Crippen LogP contribution is -2.12. The lowest BCUT2D eigenvalue weighted by atomic mass is 10.0. The Hall–Kier alpha value is -2.37. The molecule has 0 saturated heterocycles. The zero-order valence-electron chi connectivity index (χ0n) is 11.6. The smallest absolute Gasteiger partial charge is 0.417 e. The summed E-state index contributed by atoms with van der Waals surface area (Å²) in [6.07, 6.45) is -4.67. The molecule has 2 rings (SSSR count). The van der Waals surface area contributed by atoms with Crippen LogP contribution in [0, 0.1) is 5.82 Å². The summed E-state index contributed by atoms with van der Waals surface area (Å²) in [7, 11) is 0. The minimum Gasteiger partial charge on any atom is -0.489 e. The molecule has 6 heteroatoms. The summed E-state index contributed by atoms with van der Waals surface area (Å²) in [6, 6.07) is 8.87. The third-order valence-corrected chi connectivity index (χ3v) is 3.03. The van der Waals surface area contributed by atoms with Crippen LogP contribution in [0.1, 0.15) is 28.4 Å².